The Hall–Kier alpha value is -0.870. The first-order valence-electron chi connectivity index (χ1n) is 8.86. The van der Waals surface area contributed by atoms with Crippen LogP contribution in [-0.2, 0) is 9.53 Å². The van der Waals surface area contributed by atoms with Gasteiger partial charge in [0.2, 0.25) is 0 Å². The van der Waals surface area contributed by atoms with E-state index in [0.29, 0.717) is 12.2 Å². The molecular weight excluding hydrogens is 280 g/mol. The molecule has 0 bridgehead atoms. The van der Waals surface area contributed by atoms with Gasteiger partial charge in [0.15, 0.2) is 0 Å². The predicted molar refractivity (Wildman–Crippen MR) is 87.9 cm³/mol. The van der Waals surface area contributed by atoms with Crippen molar-refractivity contribution < 1.29 is 19.7 Å². The van der Waals surface area contributed by atoms with Crippen molar-refractivity contribution in [3.05, 3.63) is 12.2 Å². The molecule has 1 heterocycles. The fourth-order valence-corrected chi connectivity index (χ4v) is 2.79. The van der Waals surface area contributed by atoms with E-state index in [-0.39, 0.29) is 6.10 Å². The van der Waals surface area contributed by atoms with Crippen LogP contribution in [0.2, 0.25) is 0 Å². The maximum atomic E-state index is 10.3. The first-order chi connectivity index (χ1) is 10.6. The molecule has 0 aromatic heterocycles. The van der Waals surface area contributed by atoms with Crippen LogP contribution in [0.4, 0.5) is 0 Å². The molecule has 0 aromatic rings. The molecule has 0 amide bonds. The van der Waals surface area contributed by atoms with Crippen LogP contribution in [-0.4, -0.2) is 34.5 Å². The van der Waals surface area contributed by atoms with Crippen LogP contribution in [0, 0.1) is 0 Å². The van der Waals surface area contributed by atoms with E-state index in [1.165, 1.54) is 18.9 Å². The normalized spacial score (nSPS) is 22.1. The lowest BCUT2D eigenvalue weighted by Crippen LogP contribution is -2.08. The van der Waals surface area contributed by atoms with Crippen molar-refractivity contribution in [3.8, 4) is 0 Å². The van der Waals surface area contributed by atoms with Crippen LogP contribution in [0.25, 0.3) is 0 Å². The molecule has 1 fully saturated rings. The van der Waals surface area contributed by atoms with E-state index in [9.17, 15) is 9.90 Å². The van der Waals surface area contributed by atoms with Crippen LogP contribution < -0.4 is 0 Å². The fraction of sp³-hybridized carbons (Fsp3) is 0.833. The molecule has 1 saturated heterocycles. The largest absolute Gasteiger partial charge is 0.478 e. The van der Waals surface area contributed by atoms with Gasteiger partial charge in [0.25, 0.3) is 0 Å². The Morgan fingerprint density at radius 1 is 1.09 bits per heavy atom. The minimum absolute atomic E-state index is 0.155. The number of carbonyl (C=O) groups is 1. The molecule has 2 N–H and O–H groups in total. The Morgan fingerprint density at radius 3 is 2.59 bits per heavy atom. The Bertz CT molecular complexity index is 327. The molecule has 0 aromatic carbocycles. The van der Waals surface area contributed by atoms with Crippen molar-refractivity contribution in [1.82, 2.24) is 0 Å². The number of aliphatic hydroxyl groups is 1. The van der Waals surface area contributed by atoms with E-state index in [1.54, 1.807) is 6.08 Å². The standard InChI is InChI=1S/C18H32O4/c1-2-3-7-10-15(19)13-14-17-16(22-17)11-8-5-4-6-9-12-18(20)21/h9,12,15-17,19H,2-8,10-11,13-14H2,1H3,(H,20,21)/b12-9+. The van der Waals surface area contributed by atoms with Crippen LogP contribution in [0.3, 0.4) is 0 Å². The number of hydrogen-bond acceptors (Lipinski definition) is 3. The molecule has 4 nitrogen and oxygen atoms in total. The molecule has 3 unspecified atom stereocenters. The number of unbranched alkanes of at least 4 members (excludes halogenated alkanes) is 5. The number of rotatable bonds is 14. The number of aliphatic carboxylic acids is 1. The highest BCUT2D eigenvalue weighted by atomic mass is 16.6. The van der Waals surface area contributed by atoms with Crippen LogP contribution in [0.1, 0.15) is 77.6 Å². The summed E-state index contributed by atoms with van der Waals surface area (Å²) < 4.78 is 5.65. The summed E-state index contributed by atoms with van der Waals surface area (Å²) >= 11 is 0. The van der Waals surface area contributed by atoms with Crippen molar-refractivity contribution in [2.75, 3.05) is 0 Å². The second-order valence-electron chi connectivity index (χ2n) is 6.32. The third-order valence-corrected chi connectivity index (χ3v) is 4.23. The number of aliphatic hydroxyl groups excluding tert-OH is 1. The van der Waals surface area contributed by atoms with Crippen molar-refractivity contribution in [3.63, 3.8) is 0 Å². The van der Waals surface area contributed by atoms with Crippen LogP contribution in [0.15, 0.2) is 12.2 Å². The number of allylic oxidation sites excluding steroid dienone is 1. The summed E-state index contributed by atoms with van der Waals surface area (Å²) in [5.74, 6) is -0.869. The zero-order valence-corrected chi connectivity index (χ0v) is 13.9. The maximum absolute atomic E-state index is 10.3. The Labute approximate surface area is 134 Å². The minimum Gasteiger partial charge on any atom is -0.478 e. The molecule has 22 heavy (non-hydrogen) atoms. The molecule has 1 rings (SSSR count). The zero-order valence-electron chi connectivity index (χ0n) is 13.9. The Kier molecular flexibility index (Phi) is 10.2. The lowest BCUT2D eigenvalue weighted by atomic mass is 10.0. The summed E-state index contributed by atoms with van der Waals surface area (Å²) in [7, 11) is 0. The molecule has 3 atom stereocenters. The predicted octanol–water partition coefficient (Wildman–Crippen LogP) is 4.07. The summed E-state index contributed by atoms with van der Waals surface area (Å²) in [4.78, 5) is 10.3. The lowest BCUT2D eigenvalue weighted by Gasteiger charge is -2.08. The van der Waals surface area contributed by atoms with Gasteiger partial charge in [-0.3, -0.25) is 0 Å². The van der Waals surface area contributed by atoms with Crippen LogP contribution in [0.5, 0.6) is 0 Å². The van der Waals surface area contributed by atoms with Gasteiger partial charge < -0.3 is 14.9 Å². The lowest BCUT2D eigenvalue weighted by molar-refractivity contribution is -0.131. The average Bonchev–Trinajstić information content (AvgIpc) is 3.22. The monoisotopic (exact) mass is 312 g/mol. The van der Waals surface area contributed by atoms with E-state index in [4.69, 9.17) is 9.84 Å². The highest BCUT2D eigenvalue weighted by molar-refractivity contribution is 5.79. The summed E-state index contributed by atoms with van der Waals surface area (Å²) in [6.45, 7) is 2.18. The van der Waals surface area contributed by atoms with Gasteiger partial charge in [0.05, 0.1) is 18.3 Å². The van der Waals surface area contributed by atoms with Crippen molar-refractivity contribution in [2.45, 2.75) is 95.9 Å². The van der Waals surface area contributed by atoms with Crippen molar-refractivity contribution in [2.24, 2.45) is 0 Å². The minimum atomic E-state index is -0.869. The van der Waals surface area contributed by atoms with E-state index in [1.807, 2.05) is 0 Å². The molecule has 0 saturated carbocycles. The van der Waals surface area contributed by atoms with Gasteiger partial charge in [-0.15, -0.1) is 0 Å². The van der Waals surface area contributed by atoms with Gasteiger partial charge in [-0.05, 0) is 38.5 Å². The first kappa shape index (κ1) is 19.2. The summed E-state index contributed by atoms with van der Waals surface area (Å²) in [5.41, 5.74) is 0. The number of carboxylic acids is 1. The summed E-state index contributed by atoms with van der Waals surface area (Å²) in [6.07, 6.45) is 15.1. The molecule has 1 aliphatic rings. The third-order valence-electron chi connectivity index (χ3n) is 4.23. The van der Waals surface area contributed by atoms with Gasteiger partial charge in [-0.2, -0.15) is 0 Å². The Balaban J connectivity index is 1.89. The van der Waals surface area contributed by atoms with Crippen molar-refractivity contribution in [1.29, 1.82) is 0 Å². The quantitative estimate of drug-likeness (QED) is 0.288. The van der Waals surface area contributed by atoms with Crippen molar-refractivity contribution >= 4 is 5.97 Å². The molecule has 0 radical (unpaired) electrons. The highest BCUT2D eigenvalue weighted by Gasteiger charge is 2.37. The van der Waals surface area contributed by atoms with E-state index >= 15 is 0 Å². The number of carboxylic acid groups (broad SMARTS) is 1. The first-order valence-corrected chi connectivity index (χ1v) is 8.86. The summed E-state index contributed by atoms with van der Waals surface area (Å²) in [6, 6.07) is 0. The van der Waals surface area contributed by atoms with Gasteiger partial charge in [0.1, 0.15) is 0 Å². The molecule has 128 valence electrons. The average molecular weight is 312 g/mol. The molecule has 0 spiro atoms. The second-order valence-corrected chi connectivity index (χ2v) is 6.32. The molecule has 1 aliphatic heterocycles. The maximum Gasteiger partial charge on any atom is 0.327 e. The van der Waals surface area contributed by atoms with E-state index in [0.717, 1.165) is 57.8 Å². The molecule has 4 heteroatoms. The number of ether oxygens (including phenoxy) is 1. The highest BCUT2D eigenvalue weighted by Crippen LogP contribution is 2.31. The summed E-state index contributed by atoms with van der Waals surface area (Å²) in [5, 5.41) is 18.3. The second kappa shape index (κ2) is 11.7. The Morgan fingerprint density at radius 2 is 1.86 bits per heavy atom. The van der Waals surface area contributed by atoms with Gasteiger partial charge in [-0.1, -0.05) is 45.1 Å². The smallest absolute Gasteiger partial charge is 0.327 e. The van der Waals surface area contributed by atoms with Gasteiger partial charge in [-0.25, -0.2) is 4.79 Å². The van der Waals surface area contributed by atoms with Gasteiger partial charge >= 0.3 is 5.97 Å². The zero-order chi connectivity index (χ0) is 16.2. The van der Waals surface area contributed by atoms with Crippen LogP contribution >= 0.6 is 0 Å². The third kappa shape index (κ3) is 9.96. The van der Waals surface area contributed by atoms with E-state index < -0.39 is 5.97 Å². The topological polar surface area (TPSA) is 70.1 Å². The van der Waals surface area contributed by atoms with E-state index in [2.05, 4.69) is 6.92 Å². The number of epoxide rings is 1. The molecular formula is C18H32O4. The SMILES string of the molecule is CCCCCC(O)CCC1OC1CCCCC/C=C/C(=O)O. The van der Waals surface area contributed by atoms with Gasteiger partial charge in [0, 0.05) is 6.08 Å². The molecule has 0 aliphatic carbocycles. The fourth-order valence-electron chi connectivity index (χ4n) is 2.79. The number of hydrogen-bond donors (Lipinski definition) is 2.